The molecule has 1 aromatic heterocycles. The first kappa shape index (κ1) is 34.1. The average molecular weight is 681 g/mol. The molecule has 0 bridgehead atoms. The van der Waals surface area contributed by atoms with Crippen LogP contribution in [0.4, 0.5) is 13.2 Å². The summed E-state index contributed by atoms with van der Waals surface area (Å²) in [7, 11) is 0. The van der Waals surface area contributed by atoms with Gasteiger partial charge in [-0.3, -0.25) is 19.7 Å². The fourth-order valence-electron chi connectivity index (χ4n) is 5.46. The van der Waals surface area contributed by atoms with Crippen molar-refractivity contribution in [2.75, 3.05) is 0 Å². The van der Waals surface area contributed by atoms with Gasteiger partial charge in [-0.1, -0.05) is 66.0 Å². The van der Waals surface area contributed by atoms with E-state index in [0.29, 0.717) is 23.4 Å². The van der Waals surface area contributed by atoms with Crippen molar-refractivity contribution in [3.8, 4) is 17.1 Å². The quantitative estimate of drug-likeness (QED) is 0.147. The molecule has 2 aliphatic carbocycles. The van der Waals surface area contributed by atoms with Crippen molar-refractivity contribution in [1.82, 2.24) is 15.5 Å². The molecule has 3 aromatic rings. The summed E-state index contributed by atoms with van der Waals surface area (Å²) in [6.45, 7) is 1.80. The van der Waals surface area contributed by atoms with Gasteiger partial charge >= 0.3 is 6.18 Å². The van der Waals surface area contributed by atoms with Crippen LogP contribution in [-0.2, 0) is 20.8 Å². The molecule has 2 aromatic carbocycles. The molecule has 0 spiro atoms. The number of rotatable bonds is 16. The van der Waals surface area contributed by atoms with E-state index in [1.54, 1.807) is 6.92 Å². The van der Waals surface area contributed by atoms with Crippen molar-refractivity contribution in [3.05, 3.63) is 63.5 Å². The topological polar surface area (TPSA) is 122 Å². The van der Waals surface area contributed by atoms with Crippen molar-refractivity contribution in [1.29, 1.82) is 0 Å². The number of alkyl halides is 3. The summed E-state index contributed by atoms with van der Waals surface area (Å²) in [5.74, 6) is -2.07. The van der Waals surface area contributed by atoms with E-state index in [0.717, 1.165) is 25.7 Å². The van der Waals surface area contributed by atoms with Crippen LogP contribution in [0.2, 0.25) is 10.0 Å². The molecule has 0 radical (unpaired) electrons. The lowest BCUT2D eigenvalue weighted by Gasteiger charge is -2.28. The van der Waals surface area contributed by atoms with Crippen molar-refractivity contribution in [3.63, 3.8) is 0 Å². The Hall–Kier alpha value is -3.28. The summed E-state index contributed by atoms with van der Waals surface area (Å²) < 4.78 is 49.2. The molecule has 2 aliphatic rings. The van der Waals surface area contributed by atoms with Gasteiger partial charge in [0.25, 0.3) is 0 Å². The molecule has 0 unspecified atom stereocenters. The van der Waals surface area contributed by atoms with Gasteiger partial charge in [0.15, 0.2) is 17.3 Å². The number of nitrogens with one attached hydrogen (secondary N) is 1. The van der Waals surface area contributed by atoms with E-state index in [1.807, 2.05) is 0 Å². The Labute approximate surface area is 274 Å². The largest absolute Gasteiger partial charge is 0.505 e. The van der Waals surface area contributed by atoms with E-state index < -0.39 is 53.7 Å². The zero-order valence-corrected chi connectivity index (χ0v) is 26.6. The molecule has 1 heterocycles. The van der Waals surface area contributed by atoms with Crippen LogP contribution in [0.25, 0.3) is 11.4 Å². The molecule has 2 N–H and O–H groups in total. The Bertz CT molecular complexity index is 1560. The fraction of sp³-hybridized carbons (Fsp3) is 0.485. The monoisotopic (exact) mass is 679 g/mol. The van der Waals surface area contributed by atoms with Crippen molar-refractivity contribution >= 4 is 40.6 Å². The molecule has 2 fully saturated rings. The van der Waals surface area contributed by atoms with E-state index in [9.17, 15) is 32.7 Å². The number of carbonyl (C=O) groups excluding carboxylic acids is 3. The Morgan fingerprint density at radius 3 is 2.28 bits per heavy atom. The van der Waals surface area contributed by atoms with Gasteiger partial charge in [-0.2, -0.15) is 18.2 Å². The number of ketones is 3. The van der Waals surface area contributed by atoms with Gasteiger partial charge in [-0.05, 0) is 67.7 Å². The number of hydrogen-bond donors (Lipinski definition) is 2. The molecule has 5 rings (SSSR count). The van der Waals surface area contributed by atoms with Crippen LogP contribution in [0.15, 0.2) is 40.9 Å². The lowest BCUT2D eigenvalue weighted by atomic mass is 9.86. The molecule has 3 atom stereocenters. The minimum Gasteiger partial charge on any atom is -0.505 e. The van der Waals surface area contributed by atoms with E-state index >= 15 is 0 Å². The second kappa shape index (κ2) is 14.2. The Morgan fingerprint density at radius 1 is 1.07 bits per heavy atom. The number of phenolic OH excluding ortho intramolecular Hbond substituents is 1. The minimum absolute atomic E-state index is 0.122. The van der Waals surface area contributed by atoms with Crippen LogP contribution < -0.4 is 5.32 Å². The molecule has 13 heteroatoms. The highest BCUT2D eigenvalue weighted by molar-refractivity contribution is 6.38. The third-order valence-electron chi connectivity index (χ3n) is 8.37. The Morgan fingerprint density at radius 2 is 1.72 bits per heavy atom. The van der Waals surface area contributed by atoms with Crippen LogP contribution in [-0.4, -0.2) is 44.8 Å². The summed E-state index contributed by atoms with van der Waals surface area (Å²) in [5, 5.41) is 16.2. The van der Waals surface area contributed by atoms with Gasteiger partial charge in [0.05, 0.1) is 16.1 Å². The van der Waals surface area contributed by atoms with Crippen LogP contribution in [0.1, 0.15) is 87.3 Å². The lowest BCUT2D eigenvalue weighted by Crippen LogP contribution is -2.46. The second-order valence-corrected chi connectivity index (χ2v) is 13.1. The van der Waals surface area contributed by atoms with Crippen LogP contribution in [0.5, 0.6) is 5.75 Å². The highest BCUT2D eigenvalue weighted by Gasteiger charge is 2.43. The first-order chi connectivity index (χ1) is 21.8. The summed E-state index contributed by atoms with van der Waals surface area (Å²) in [4.78, 5) is 43.8. The number of aromatic nitrogens is 2. The predicted octanol–water partition coefficient (Wildman–Crippen LogP) is 7.74. The van der Waals surface area contributed by atoms with Gasteiger partial charge in [-0.15, -0.1) is 0 Å². The summed E-state index contributed by atoms with van der Waals surface area (Å²) in [5.41, 5.74) is 0.599. The van der Waals surface area contributed by atoms with Crippen LogP contribution in [0, 0.1) is 11.8 Å². The summed E-state index contributed by atoms with van der Waals surface area (Å²) in [6, 6.07) is 4.37. The lowest BCUT2D eigenvalue weighted by molar-refractivity contribution is -0.160. The van der Waals surface area contributed by atoms with E-state index in [-0.39, 0.29) is 52.5 Å². The highest BCUT2D eigenvalue weighted by Crippen LogP contribution is 2.40. The van der Waals surface area contributed by atoms with Gasteiger partial charge in [-0.25, -0.2) is 0 Å². The number of nitrogens with zero attached hydrogens (tertiary/aromatic N) is 2. The minimum atomic E-state index is -4.82. The van der Waals surface area contributed by atoms with Crippen LogP contribution in [0.3, 0.4) is 0 Å². The summed E-state index contributed by atoms with van der Waals surface area (Å²) >= 11 is 12.1. The van der Waals surface area contributed by atoms with Gasteiger partial charge < -0.3 is 9.63 Å². The molecule has 2 saturated carbocycles. The van der Waals surface area contributed by atoms with Gasteiger partial charge in [0, 0.05) is 30.2 Å². The predicted molar refractivity (Wildman–Crippen MR) is 165 cm³/mol. The zero-order valence-electron chi connectivity index (χ0n) is 25.1. The van der Waals surface area contributed by atoms with E-state index in [2.05, 4.69) is 15.5 Å². The molecule has 246 valence electrons. The fourth-order valence-corrected chi connectivity index (χ4v) is 6.00. The molecule has 0 aliphatic heterocycles. The highest BCUT2D eigenvalue weighted by atomic mass is 35.5. The first-order valence-electron chi connectivity index (χ1n) is 15.4. The maximum Gasteiger partial charge on any atom is 0.407 e. The normalized spacial score (nSPS) is 17.0. The van der Waals surface area contributed by atoms with E-state index in [4.69, 9.17) is 27.7 Å². The van der Waals surface area contributed by atoms with Crippen LogP contribution >= 0.6 is 23.2 Å². The molecule has 46 heavy (non-hydrogen) atoms. The molecule has 0 amide bonds. The van der Waals surface area contributed by atoms with Gasteiger partial charge in [0.1, 0.15) is 6.04 Å². The number of aromatic hydroxyl groups is 1. The number of carbonyl (C=O) groups is 3. The smallest absolute Gasteiger partial charge is 0.407 e. The molecule has 0 saturated heterocycles. The Balaban J connectivity index is 1.41. The first-order valence-corrected chi connectivity index (χ1v) is 16.1. The maximum absolute atomic E-state index is 14.6. The molecular weight excluding hydrogens is 646 g/mol. The molecule has 8 nitrogen and oxygen atoms in total. The number of Topliss-reactive ketones (excluding diaryl/α,β-unsaturated/α-hetero) is 3. The average Bonchev–Trinajstić information content (AvgIpc) is 3.96. The van der Waals surface area contributed by atoms with Crippen molar-refractivity contribution in [2.24, 2.45) is 11.8 Å². The van der Waals surface area contributed by atoms with Crippen molar-refractivity contribution < 1.29 is 37.2 Å². The Kier molecular flexibility index (Phi) is 10.5. The number of benzene rings is 2. The standard InChI is InChI=1S/C33H34Cl2F3N3O5/c1-2-3-22(28(44)27(43)15-17-4-5-17)16-26(42)25(14-18-12-23(34)29(45)24(35)13-18)39-30(33(36,37)38)19-6-8-20(9-7-19)31-40-32(46-41-31)21-10-11-21/h6-9,12-13,17,21-22,25,30,39,45H,2-5,10-11,14-16H2,1H3/t22-,25+,30+/m1/s1. The molecular formula is C33H34Cl2F3N3O5. The number of halogens is 5. The van der Waals surface area contributed by atoms with Crippen molar-refractivity contribution in [2.45, 2.75) is 88.9 Å². The third-order valence-corrected chi connectivity index (χ3v) is 8.95. The SMILES string of the molecule is CCC[C@H](CC(=O)[C@H](Cc1cc(Cl)c(O)c(Cl)c1)N[C@@H](c1ccc(-c2noc(C3CC3)n2)cc1)C(F)(F)F)C(=O)C(=O)CC1CC1. The second-order valence-electron chi connectivity index (χ2n) is 12.2. The maximum atomic E-state index is 14.6. The van der Waals surface area contributed by atoms with E-state index in [1.165, 1.54) is 36.4 Å². The number of phenols is 1. The third kappa shape index (κ3) is 8.54. The van der Waals surface area contributed by atoms with Gasteiger partial charge in [0.2, 0.25) is 17.5 Å². The number of hydrogen-bond acceptors (Lipinski definition) is 8. The zero-order chi connectivity index (χ0) is 33.2. The summed E-state index contributed by atoms with van der Waals surface area (Å²) in [6.07, 6.45) is -1.00.